The summed E-state index contributed by atoms with van der Waals surface area (Å²) in [6.45, 7) is 14.2. The molecule has 1 unspecified atom stereocenters. The summed E-state index contributed by atoms with van der Waals surface area (Å²) in [6.07, 6.45) is 2.15. The molecule has 29 heavy (non-hydrogen) atoms. The van der Waals surface area contributed by atoms with E-state index in [0.717, 1.165) is 35.8 Å². The van der Waals surface area contributed by atoms with E-state index in [1.165, 1.54) is 0 Å². The molecule has 1 saturated heterocycles. The van der Waals surface area contributed by atoms with Crippen molar-refractivity contribution in [3.63, 3.8) is 0 Å². The topological polar surface area (TPSA) is 117 Å². The maximum atomic E-state index is 10.0. The van der Waals surface area contributed by atoms with Crippen LogP contribution in [0.15, 0.2) is 27.0 Å². The molecule has 2 aromatic rings. The van der Waals surface area contributed by atoms with Gasteiger partial charge in [-0.3, -0.25) is 0 Å². The third-order valence-electron chi connectivity index (χ3n) is 5.63. The first-order valence-electron chi connectivity index (χ1n) is 10.0. The third-order valence-corrected chi connectivity index (χ3v) is 5.63. The lowest BCUT2D eigenvalue weighted by Crippen LogP contribution is -2.41. The second kappa shape index (κ2) is 6.51. The van der Waals surface area contributed by atoms with E-state index >= 15 is 0 Å². The van der Waals surface area contributed by atoms with Crippen LogP contribution in [0.3, 0.4) is 0 Å². The molecule has 0 spiro atoms. The average molecular weight is 400 g/mol. The molecule has 2 aliphatic heterocycles. The van der Waals surface area contributed by atoms with E-state index in [4.69, 9.17) is 9.97 Å². The summed E-state index contributed by atoms with van der Waals surface area (Å²) in [5.74, 6) is 1.51. The summed E-state index contributed by atoms with van der Waals surface area (Å²) < 4.78 is 1.97. The number of hydrogen-bond donors (Lipinski definition) is 1. The number of β-amino-alcohol motifs (C(OH)–C–C–N with tert-alkyl or cyclic N) is 1. The zero-order chi connectivity index (χ0) is 21.0. The highest BCUT2D eigenvalue weighted by Crippen LogP contribution is 2.41. The molecule has 10 nitrogen and oxygen atoms in total. The van der Waals surface area contributed by atoms with Crippen LogP contribution in [-0.2, 0) is 12.0 Å². The summed E-state index contributed by atoms with van der Waals surface area (Å²) in [7, 11) is 0. The van der Waals surface area contributed by atoms with Crippen LogP contribution in [0.2, 0.25) is 0 Å². The van der Waals surface area contributed by atoms with Gasteiger partial charge >= 0.3 is 0 Å². The van der Waals surface area contributed by atoms with Gasteiger partial charge in [-0.2, -0.15) is 0 Å². The normalized spacial score (nSPS) is 21.6. The van der Waals surface area contributed by atoms with E-state index in [2.05, 4.69) is 72.1 Å². The second-order valence-electron chi connectivity index (χ2n) is 10.00. The van der Waals surface area contributed by atoms with Gasteiger partial charge in [0.15, 0.2) is 17.0 Å². The van der Waals surface area contributed by atoms with Gasteiger partial charge in [0.2, 0.25) is 5.66 Å². The summed E-state index contributed by atoms with van der Waals surface area (Å²) >= 11 is 0. The summed E-state index contributed by atoms with van der Waals surface area (Å²) in [5.41, 5.74) is 0.141. The smallest absolute Gasteiger partial charge is 0.217 e. The number of nitrogens with zero attached hydrogens (tertiary/aromatic N) is 9. The number of anilines is 1. The number of fused-ring (bicyclic) bond motifs is 1. The van der Waals surface area contributed by atoms with Crippen molar-refractivity contribution in [2.24, 2.45) is 26.1 Å². The Hall–Kier alpha value is -2.49. The molecular weight excluding hydrogens is 370 g/mol. The minimum Gasteiger partial charge on any atom is -0.391 e. The van der Waals surface area contributed by atoms with Crippen molar-refractivity contribution in [3.05, 3.63) is 12.2 Å². The average Bonchev–Trinajstić information content (AvgIpc) is 3.34. The minimum absolute atomic E-state index is 0.231. The first-order chi connectivity index (χ1) is 13.5. The molecule has 2 aliphatic rings. The van der Waals surface area contributed by atoms with Crippen LogP contribution in [-0.4, -0.2) is 49.5 Å². The van der Waals surface area contributed by atoms with Gasteiger partial charge in [-0.15, -0.1) is 10.2 Å². The fourth-order valence-electron chi connectivity index (χ4n) is 3.58. The number of aliphatic hydroxyl groups excluding tert-OH is 1. The molecular formula is C19H29N9O. The Morgan fingerprint density at radius 3 is 2.34 bits per heavy atom. The Balaban J connectivity index is 1.85. The van der Waals surface area contributed by atoms with Gasteiger partial charge in [-0.05, 0) is 16.9 Å². The van der Waals surface area contributed by atoms with E-state index < -0.39 is 5.66 Å². The molecule has 0 aromatic carbocycles. The zero-order valence-electron chi connectivity index (χ0n) is 18.0. The predicted molar refractivity (Wildman–Crippen MR) is 109 cm³/mol. The summed E-state index contributed by atoms with van der Waals surface area (Å²) in [6, 6.07) is 0. The van der Waals surface area contributed by atoms with E-state index in [9.17, 15) is 5.11 Å². The van der Waals surface area contributed by atoms with Crippen molar-refractivity contribution in [2.45, 2.75) is 71.7 Å². The van der Waals surface area contributed by atoms with Gasteiger partial charge < -0.3 is 14.6 Å². The fourth-order valence-corrected chi connectivity index (χ4v) is 3.58. The number of aromatic nitrogens is 4. The first kappa shape index (κ1) is 19.8. The highest BCUT2D eigenvalue weighted by molar-refractivity contribution is 5.84. The molecule has 1 N–H and O–H groups in total. The predicted octanol–water partition coefficient (Wildman–Crippen LogP) is 3.27. The van der Waals surface area contributed by atoms with Crippen molar-refractivity contribution < 1.29 is 5.11 Å². The lowest BCUT2D eigenvalue weighted by molar-refractivity contribution is 0.171. The lowest BCUT2D eigenvalue weighted by Gasteiger charge is -2.33. The van der Waals surface area contributed by atoms with Crippen molar-refractivity contribution in [2.75, 3.05) is 18.0 Å². The SMILES string of the molecule is CC(C)(C)c1nc(N2CCC(O)C2)c2ncn(CC3(C(C)(C)C)N=NN=N3)c2n1. The Bertz CT molecular complexity index is 968. The molecule has 0 radical (unpaired) electrons. The zero-order valence-corrected chi connectivity index (χ0v) is 18.0. The first-order valence-corrected chi connectivity index (χ1v) is 10.0. The maximum Gasteiger partial charge on any atom is 0.217 e. The van der Waals surface area contributed by atoms with Gasteiger partial charge in [0.1, 0.15) is 5.82 Å². The molecule has 10 heteroatoms. The second-order valence-corrected chi connectivity index (χ2v) is 10.00. The van der Waals surface area contributed by atoms with E-state index in [-0.39, 0.29) is 16.9 Å². The lowest BCUT2D eigenvalue weighted by atomic mass is 9.81. The molecule has 0 bridgehead atoms. The minimum atomic E-state index is -0.808. The highest BCUT2D eigenvalue weighted by atomic mass is 16.3. The summed E-state index contributed by atoms with van der Waals surface area (Å²) in [5, 5.41) is 26.3. The molecule has 4 rings (SSSR count). The van der Waals surface area contributed by atoms with Crippen LogP contribution in [0, 0.1) is 5.41 Å². The van der Waals surface area contributed by atoms with Gasteiger partial charge in [-0.1, -0.05) is 41.5 Å². The highest BCUT2D eigenvalue weighted by Gasteiger charge is 2.46. The molecule has 0 amide bonds. The quantitative estimate of drug-likeness (QED) is 0.850. The van der Waals surface area contributed by atoms with E-state index in [1.807, 2.05) is 4.57 Å². The van der Waals surface area contributed by atoms with Crippen LogP contribution in [0.5, 0.6) is 0 Å². The van der Waals surface area contributed by atoms with Crippen molar-refractivity contribution in [1.29, 1.82) is 0 Å². The van der Waals surface area contributed by atoms with E-state index in [0.29, 0.717) is 13.1 Å². The largest absolute Gasteiger partial charge is 0.391 e. The summed E-state index contributed by atoms with van der Waals surface area (Å²) in [4.78, 5) is 16.4. The molecule has 0 saturated carbocycles. The van der Waals surface area contributed by atoms with Crippen molar-refractivity contribution in [1.82, 2.24) is 19.5 Å². The fraction of sp³-hybridized carbons (Fsp3) is 0.737. The van der Waals surface area contributed by atoms with Crippen LogP contribution >= 0.6 is 0 Å². The molecule has 1 fully saturated rings. The molecule has 4 heterocycles. The Morgan fingerprint density at radius 1 is 1.10 bits per heavy atom. The van der Waals surface area contributed by atoms with Gasteiger partial charge in [0.05, 0.1) is 19.0 Å². The number of hydrogen-bond acceptors (Lipinski definition) is 9. The van der Waals surface area contributed by atoms with Gasteiger partial charge in [0.25, 0.3) is 0 Å². The number of imidazole rings is 1. The Labute approximate surface area is 170 Å². The monoisotopic (exact) mass is 399 g/mol. The van der Waals surface area contributed by atoms with Crippen molar-refractivity contribution >= 4 is 17.0 Å². The molecule has 0 aliphatic carbocycles. The van der Waals surface area contributed by atoms with Crippen LogP contribution in [0.25, 0.3) is 11.2 Å². The molecule has 156 valence electrons. The van der Waals surface area contributed by atoms with Crippen LogP contribution < -0.4 is 4.90 Å². The Kier molecular flexibility index (Phi) is 4.45. The van der Waals surface area contributed by atoms with Gasteiger partial charge in [-0.25, -0.2) is 15.0 Å². The van der Waals surface area contributed by atoms with E-state index in [1.54, 1.807) is 6.33 Å². The molecule has 1 atom stereocenters. The van der Waals surface area contributed by atoms with Gasteiger partial charge in [0, 0.05) is 23.9 Å². The molecule has 2 aromatic heterocycles. The maximum absolute atomic E-state index is 10.0. The van der Waals surface area contributed by atoms with Crippen LogP contribution in [0.1, 0.15) is 53.8 Å². The van der Waals surface area contributed by atoms with Crippen molar-refractivity contribution in [3.8, 4) is 0 Å². The number of rotatable bonds is 3. The Morgan fingerprint density at radius 2 is 1.79 bits per heavy atom. The standard InChI is InChI=1S/C19H29N9O/c1-17(2,3)16-21-14(27-8-7-12(29)9-27)13-15(22-16)28(11-20-13)10-19(18(4,5)6)23-25-26-24-19/h11-12,29H,7-10H2,1-6H3. The third kappa shape index (κ3) is 3.39. The number of aliphatic hydroxyl groups is 1. The van der Waals surface area contributed by atoms with Crippen LogP contribution in [0.4, 0.5) is 5.82 Å².